The highest BCUT2D eigenvalue weighted by Gasteiger charge is 2.19. The molecule has 1 amide bonds. The number of amides is 1. The Morgan fingerprint density at radius 2 is 2.10 bits per heavy atom. The van der Waals surface area contributed by atoms with Crippen molar-refractivity contribution in [2.75, 3.05) is 5.32 Å². The van der Waals surface area contributed by atoms with Gasteiger partial charge in [0.05, 0.1) is 11.6 Å². The topological polar surface area (TPSA) is 90.8 Å². The van der Waals surface area contributed by atoms with Crippen molar-refractivity contribution in [2.24, 2.45) is 0 Å². The second-order valence-corrected chi connectivity index (χ2v) is 7.93. The Bertz CT molecular complexity index is 1210. The average Bonchev–Trinajstić information content (AvgIpc) is 3.50. The van der Waals surface area contributed by atoms with Gasteiger partial charge in [-0.3, -0.25) is 9.48 Å². The second kappa shape index (κ2) is 8.39. The van der Waals surface area contributed by atoms with Crippen LogP contribution in [0.5, 0.6) is 0 Å². The van der Waals surface area contributed by atoms with Crippen LogP contribution in [0.15, 0.2) is 53.2 Å². The van der Waals surface area contributed by atoms with E-state index in [-0.39, 0.29) is 11.7 Å². The van der Waals surface area contributed by atoms with Gasteiger partial charge in [-0.25, -0.2) is 0 Å². The van der Waals surface area contributed by atoms with E-state index in [1.165, 1.54) is 6.42 Å². The molecule has 4 heterocycles. The van der Waals surface area contributed by atoms with Gasteiger partial charge < -0.3 is 14.3 Å². The summed E-state index contributed by atoms with van der Waals surface area (Å²) in [6.45, 7) is 1.33. The number of furan rings is 1. The van der Waals surface area contributed by atoms with Crippen LogP contribution >= 0.6 is 11.6 Å². The molecule has 3 aromatic heterocycles. The van der Waals surface area contributed by atoms with Gasteiger partial charge in [0, 0.05) is 36.6 Å². The monoisotopic (exact) mass is 436 g/mol. The summed E-state index contributed by atoms with van der Waals surface area (Å²) in [5.74, 6) is 2.27. The fourth-order valence-corrected chi connectivity index (χ4v) is 3.99. The highest BCUT2D eigenvalue weighted by molar-refractivity contribution is 6.33. The Balaban J connectivity index is 1.36. The van der Waals surface area contributed by atoms with Gasteiger partial charge in [0.1, 0.15) is 11.6 Å². The third kappa shape index (κ3) is 4.11. The lowest BCUT2D eigenvalue weighted by atomic mass is 10.1. The van der Waals surface area contributed by atoms with Crippen molar-refractivity contribution < 1.29 is 9.21 Å². The van der Waals surface area contributed by atoms with Gasteiger partial charge >= 0.3 is 0 Å². The zero-order valence-electron chi connectivity index (χ0n) is 16.8. The van der Waals surface area contributed by atoms with Crippen molar-refractivity contribution in [3.8, 4) is 11.4 Å². The Hall–Kier alpha value is -3.39. The highest BCUT2D eigenvalue weighted by Crippen LogP contribution is 2.31. The van der Waals surface area contributed by atoms with Crippen LogP contribution in [0.3, 0.4) is 0 Å². The number of anilines is 1. The molecule has 0 saturated carbocycles. The Kier molecular flexibility index (Phi) is 5.30. The van der Waals surface area contributed by atoms with E-state index in [0.29, 0.717) is 23.0 Å². The molecule has 1 aromatic carbocycles. The van der Waals surface area contributed by atoms with E-state index >= 15 is 0 Å². The maximum Gasteiger partial charge on any atom is 0.291 e. The third-order valence-corrected chi connectivity index (χ3v) is 5.67. The summed E-state index contributed by atoms with van der Waals surface area (Å²) in [7, 11) is 0. The van der Waals surface area contributed by atoms with Crippen molar-refractivity contribution in [2.45, 2.75) is 38.8 Å². The molecule has 0 fully saturated rings. The number of nitrogens with one attached hydrogen (secondary N) is 1. The lowest BCUT2D eigenvalue weighted by Gasteiger charge is -2.10. The van der Waals surface area contributed by atoms with Gasteiger partial charge in [-0.05, 0) is 49.2 Å². The predicted octanol–water partition coefficient (Wildman–Crippen LogP) is 4.42. The standard InChI is InChI=1S/C22H21ClN6O2/c23-18-8-6-15(13-17(18)21-27-26-20-5-2-1-3-12-29(20)21)25-22(30)19-9-7-16(31-19)14-28-11-4-10-24-28/h4,6-11,13H,1-3,5,12,14H2,(H,25,30). The molecule has 1 aliphatic heterocycles. The molecule has 0 unspecified atom stereocenters. The summed E-state index contributed by atoms with van der Waals surface area (Å²) in [4.78, 5) is 12.7. The molecule has 4 aromatic rings. The van der Waals surface area contributed by atoms with E-state index < -0.39 is 0 Å². The van der Waals surface area contributed by atoms with Crippen LogP contribution in [-0.4, -0.2) is 30.5 Å². The van der Waals surface area contributed by atoms with Crippen LogP contribution in [0.25, 0.3) is 11.4 Å². The third-order valence-electron chi connectivity index (χ3n) is 5.34. The minimum absolute atomic E-state index is 0.231. The lowest BCUT2D eigenvalue weighted by Crippen LogP contribution is -2.11. The van der Waals surface area contributed by atoms with Crippen molar-refractivity contribution in [1.29, 1.82) is 0 Å². The summed E-state index contributed by atoms with van der Waals surface area (Å²) in [6, 6.07) is 10.6. The van der Waals surface area contributed by atoms with E-state index in [1.54, 1.807) is 35.1 Å². The number of hydrogen-bond acceptors (Lipinski definition) is 5. The summed E-state index contributed by atoms with van der Waals surface area (Å²) in [6.07, 6.45) is 7.84. The number of aromatic nitrogens is 5. The van der Waals surface area contributed by atoms with Gasteiger partial charge in [0.25, 0.3) is 5.91 Å². The first kappa shape index (κ1) is 19.6. The van der Waals surface area contributed by atoms with Gasteiger partial charge in [0.2, 0.25) is 0 Å². The molecule has 0 bridgehead atoms. The maximum absolute atomic E-state index is 12.7. The number of nitrogens with zero attached hydrogens (tertiary/aromatic N) is 5. The molecule has 0 radical (unpaired) electrons. The van der Waals surface area contributed by atoms with Gasteiger partial charge in [-0.1, -0.05) is 18.0 Å². The smallest absolute Gasteiger partial charge is 0.291 e. The minimum Gasteiger partial charge on any atom is -0.454 e. The number of fused-ring (bicyclic) bond motifs is 1. The maximum atomic E-state index is 12.7. The molecule has 0 saturated heterocycles. The van der Waals surface area contributed by atoms with Crippen LogP contribution < -0.4 is 5.32 Å². The minimum atomic E-state index is -0.333. The van der Waals surface area contributed by atoms with Crippen LogP contribution in [-0.2, 0) is 19.5 Å². The number of halogens is 1. The summed E-state index contributed by atoms with van der Waals surface area (Å²) < 4.78 is 9.54. The van der Waals surface area contributed by atoms with Crippen LogP contribution in [0, 0.1) is 0 Å². The zero-order valence-corrected chi connectivity index (χ0v) is 17.5. The molecule has 0 aliphatic carbocycles. The average molecular weight is 437 g/mol. The number of aryl methyl sites for hydroxylation is 1. The Morgan fingerprint density at radius 1 is 1.16 bits per heavy atom. The number of benzene rings is 1. The van der Waals surface area contributed by atoms with Crippen LogP contribution in [0.4, 0.5) is 5.69 Å². The molecule has 1 aliphatic rings. The Morgan fingerprint density at radius 3 is 2.97 bits per heavy atom. The number of rotatable bonds is 5. The molecular formula is C22H21ClN6O2. The fourth-order valence-electron chi connectivity index (χ4n) is 3.79. The zero-order chi connectivity index (χ0) is 21.2. The second-order valence-electron chi connectivity index (χ2n) is 7.52. The number of carbonyl (C=O) groups excluding carboxylic acids is 1. The first-order valence-electron chi connectivity index (χ1n) is 10.3. The molecular weight excluding hydrogens is 416 g/mol. The van der Waals surface area contributed by atoms with E-state index in [0.717, 1.165) is 43.0 Å². The molecule has 0 spiro atoms. The number of hydrogen-bond donors (Lipinski definition) is 1. The van der Waals surface area contributed by atoms with E-state index in [2.05, 4.69) is 25.2 Å². The molecule has 158 valence electrons. The van der Waals surface area contributed by atoms with Gasteiger partial charge in [-0.2, -0.15) is 5.10 Å². The van der Waals surface area contributed by atoms with E-state index in [9.17, 15) is 4.79 Å². The van der Waals surface area contributed by atoms with Crippen molar-refractivity contribution in [3.05, 3.63) is 71.2 Å². The first-order chi connectivity index (χ1) is 15.2. The van der Waals surface area contributed by atoms with Crippen molar-refractivity contribution >= 4 is 23.2 Å². The molecule has 1 N–H and O–H groups in total. The van der Waals surface area contributed by atoms with Gasteiger partial charge in [-0.15, -0.1) is 10.2 Å². The van der Waals surface area contributed by atoms with Crippen molar-refractivity contribution in [1.82, 2.24) is 24.5 Å². The number of carbonyl (C=O) groups is 1. The lowest BCUT2D eigenvalue weighted by molar-refractivity contribution is 0.0994. The Labute approximate surface area is 183 Å². The van der Waals surface area contributed by atoms with E-state index in [4.69, 9.17) is 16.0 Å². The first-order valence-corrected chi connectivity index (χ1v) is 10.6. The van der Waals surface area contributed by atoms with Crippen molar-refractivity contribution in [3.63, 3.8) is 0 Å². The quantitative estimate of drug-likeness (QED) is 0.500. The molecule has 9 heteroatoms. The van der Waals surface area contributed by atoms with E-state index in [1.807, 2.05) is 18.3 Å². The summed E-state index contributed by atoms with van der Waals surface area (Å²) in [5, 5.41) is 16.3. The molecule has 0 atom stereocenters. The largest absolute Gasteiger partial charge is 0.454 e. The summed E-state index contributed by atoms with van der Waals surface area (Å²) >= 11 is 6.47. The van der Waals surface area contributed by atoms with Crippen LogP contribution in [0.1, 0.15) is 41.4 Å². The predicted molar refractivity (Wildman–Crippen MR) is 116 cm³/mol. The van der Waals surface area contributed by atoms with Gasteiger partial charge in [0.15, 0.2) is 11.6 Å². The fraction of sp³-hybridized carbons (Fsp3) is 0.273. The molecule has 31 heavy (non-hydrogen) atoms. The highest BCUT2D eigenvalue weighted by atomic mass is 35.5. The molecule has 5 rings (SSSR count). The van der Waals surface area contributed by atoms with Crippen LogP contribution in [0.2, 0.25) is 5.02 Å². The normalized spacial score (nSPS) is 13.6. The SMILES string of the molecule is O=C(Nc1ccc(Cl)c(-c2nnc3n2CCCCC3)c1)c1ccc(Cn2cccn2)o1. The summed E-state index contributed by atoms with van der Waals surface area (Å²) in [5.41, 5.74) is 1.36. The molecule has 8 nitrogen and oxygen atoms in total.